The van der Waals surface area contributed by atoms with E-state index in [9.17, 15) is 9.90 Å². The van der Waals surface area contributed by atoms with E-state index in [4.69, 9.17) is 9.47 Å². The number of carbonyl (C=O) groups is 1. The number of hydrogen-bond acceptors (Lipinski definition) is 5. The average molecular weight is 609 g/mol. The summed E-state index contributed by atoms with van der Waals surface area (Å²) in [7, 11) is 0. The van der Waals surface area contributed by atoms with Gasteiger partial charge >= 0.3 is 0 Å². The molecule has 44 heavy (non-hydrogen) atoms. The van der Waals surface area contributed by atoms with Crippen LogP contribution < -0.4 is 5.32 Å². The van der Waals surface area contributed by atoms with E-state index in [0.717, 1.165) is 41.9 Å². The largest absolute Gasteiger partial charge is 0.392 e. The lowest BCUT2D eigenvalue weighted by Gasteiger charge is -2.43. The fourth-order valence-corrected chi connectivity index (χ4v) is 6.13. The second-order valence-electron chi connectivity index (χ2n) is 12.8. The van der Waals surface area contributed by atoms with Crippen LogP contribution in [0, 0.1) is 5.92 Å². The van der Waals surface area contributed by atoms with Crippen molar-refractivity contribution >= 4 is 5.91 Å². The molecule has 2 aromatic rings. The molecular weight excluding hydrogens is 548 g/mol. The summed E-state index contributed by atoms with van der Waals surface area (Å²) in [6.45, 7) is 12.0. The zero-order chi connectivity index (χ0) is 31.6. The van der Waals surface area contributed by atoms with Crippen molar-refractivity contribution in [2.75, 3.05) is 19.6 Å². The van der Waals surface area contributed by atoms with Gasteiger partial charge < -0.3 is 24.8 Å². The summed E-state index contributed by atoms with van der Waals surface area (Å²) < 4.78 is 13.5. The number of rotatable bonds is 21. The number of aliphatic hydroxyl groups is 1. The number of ether oxygens (including phenoxy) is 2. The molecule has 1 saturated heterocycles. The topological polar surface area (TPSA) is 71.0 Å². The second-order valence-corrected chi connectivity index (χ2v) is 12.8. The molecule has 246 valence electrons. The Morgan fingerprint density at radius 1 is 0.750 bits per heavy atom. The molecular formula is C38H60N2O4. The molecule has 0 aliphatic carbocycles. The first kappa shape index (κ1) is 36.2. The van der Waals surface area contributed by atoms with Crippen LogP contribution in [0.1, 0.15) is 139 Å². The van der Waals surface area contributed by atoms with E-state index in [1.165, 1.54) is 84.0 Å². The molecule has 1 fully saturated rings. The Morgan fingerprint density at radius 2 is 1.27 bits per heavy atom. The van der Waals surface area contributed by atoms with Crippen molar-refractivity contribution in [3.05, 3.63) is 70.8 Å². The normalized spacial score (nSPS) is 20.2. The lowest BCUT2D eigenvalue weighted by Crippen LogP contribution is -2.45. The van der Waals surface area contributed by atoms with Crippen LogP contribution in [-0.4, -0.2) is 41.7 Å². The number of amides is 1. The Balaban J connectivity index is 1.75. The molecule has 0 aromatic heterocycles. The molecule has 1 aliphatic rings. The van der Waals surface area contributed by atoms with Crippen molar-refractivity contribution in [3.63, 3.8) is 0 Å². The van der Waals surface area contributed by atoms with Crippen LogP contribution >= 0.6 is 0 Å². The standard InChI is InChI=1S/C38H60N2O4/c1-5-7-9-11-13-15-25-40(26-16-14-12-10-8-6-2)28-36-30(3)37(34-21-19-33(29-41)20-22-34)44-38(43-36)35-23-17-32(18-24-35)27-39-31(4)42/h17-24,30,36-38,41H,5-16,25-29H2,1-4H3,(H,39,42)/t30-,36+,37+,38+/m1/s1. The molecule has 0 spiro atoms. The summed E-state index contributed by atoms with van der Waals surface area (Å²) in [6.07, 6.45) is 15.1. The average Bonchev–Trinajstić information content (AvgIpc) is 3.04. The van der Waals surface area contributed by atoms with Crippen LogP contribution in [0.25, 0.3) is 0 Å². The van der Waals surface area contributed by atoms with Crippen LogP contribution in [0.2, 0.25) is 0 Å². The predicted octanol–water partition coefficient (Wildman–Crippen LogP) is 8.63. The van der Waals surface area contributed by atoms with Gasteiger partial charge in [0.1, 0.15) is 0 Å². The molecule has 6 heteroatoms. The highest BCUT2D eigenvalue weighted by molar-refractivity contribution is 5.72. The lowest BCUT2D eigenvalue weighted by molar-refractivity contribution is -0.276. The molecule has 1 amide bonds. The third-order valence-corrected chi connectivity index (χ3v) is 9.01. The molecule has 0 saturated carbocycles. The second kappa shape index (κ2) is 20.7. The van der Waals surface area contributed by atoms with Crippen LogP contribution in [-0.2, 0) is 27.4 Å². The fourth-order valence-electron chi connectivity index (χ4n) is 6.13. The maximum absolute atomic E-state index is 11.4. The Labute approximate surface area is 267 Å². The Morgan fingerprint density at radius 3 is 1.82 bits per heavy atom. The van der Waals surface area contributed by atoms with Crippen LogP contribution in [0.15, 0.2) is 48.5 Å². The van der Waals surface area contributed by atoms with Gasteiger partial charge in [-0.2, -0.15) is 0 Å². The minimum absolute atomic E-state index is 0.0236. The number of nitrogens with zero attached hydrogens (tertiary/aromatic N) is 1. The first-order valence-electron chi connectivity index (χ1n) is 17.5. The fraction of sp³-hybridized carbons (Fsp3) is 0.658. The third kappa shape index (κ3) is 12.6. The van der Waals surface area contributed by atoms with Gasteiger partial charge in [0.15, 0.2) is 6.29 Å². The highest BCUT2D eigenvalue weighted by atomic mass is 16.7. The van der Waals surface area contributed by atoms with Crippen molar-refractivity contribution in [1.29, 1.82) is 0 Å². The van der Waals surface area contributed by atoms with Gasteiger partial charge in [0.05, 0.1) is 18.8 Å². The number of carbonyl (C=O) groups excluding carboxylic acids is 1. The van der Waals surface area contributed by atoms with Crippen molar-refractivity contribution < 1.29 is 19.4 Å². The maximum atomic E-state index is 11.4. The minimum Gasteiger partial charge on any atom is -0.392 e. The molecule has 6 nitrogen and oxygen atoms in total. The van der Waals surface area contributed by atoms with Gasteiger partial charge in [-0.3, -0.25) is 4.79 Å². The summed E-state index contributed by atoms with van der Waals surface area (Å²) >= 11 is 0. The zero-order valence-corrected chi connectivity index (χ0v) is 28.1. The summed E-state index contributed by atoms with van der Waals surface area (Å²) in [5.41, 5.74) is 4.06. The highest BCUT2D eigenvalue weighted by Crippen LogP contribution is 2.42. The van der Waals surface area contributed by atoms with Crippen molar-refractivity contribution in [2.24, 2.45) is 5.92 Å². The smallest absolute Gasteiger partial charge is 0.217 e. The highest BCUT2D eigenvalue weighted by Gasteiger charge is 2.39. The number of aliphatic hydroxyl groups excluding tert-OH is 1. The summed E-state index contributed by atoms with van der Waals surface area (Å²) in [6, 6.07) is 16.4. The predicted molar refractivity (Wildman–Crippen MR) is 180 cm³/mol. The van der Waals surface area contributed by atoms with Crippen LogP contribution in [0.4, 0.5) is 0 Å². The molecule has 1 aliphatic heterocycles. The lowest BCUT2D eigenvalue weighted by atomic mass is 9.90. The third-order valence-electron chi connectivity index (χ3n) is 9.01. The van der Waals surface area contributed by atoms with Gasteiger partial charge in [0, 0.05) is 31.5 Å². The van der Waals surface area contributed by atoms with E-state index in [0.29, 0.717) is 6.54 Å². The molecule has 0 radical (unpaired) electrons. The van der Waals surface area contributed by atoms with E-state index in [-0.39, 0.29) is 30.6 Å². The van der Waals surface area contributed by atoms with Crippen LogP contribution in [0.3, 0.4) is 0 Å². The summed E-state index contributed by atoms with van der Waals surface area (Å²) in [5, 5.41) is 12.5. The Kier molecular flexibility index (Phi) is 17.1. The van der Waals surface area contributed by atoms with Gasteiger partial charge in [-0.25, -0.2) is 0 Å². The van der Waals surface area contributed by atoms with E-state index >= 15 is 0 Å². The molecule has 0 unspecified atom stereocenters. The van der Waals surface area contributed by atoms with Gasteiger partial charge in [-0.1, -0.05) is 134 Å². The number of hydrogen-bond donors (Lipinski definition) is 2. The molecule has 4 atom stereocenters. The first-order chi connectivity index (χ1) is 21.4. The van der Waals surface area contributed by atoms with E-state index < -0.39 is 6.29 Å². The molecule has 0 bridgehead atoms. The SMILES string of the molecule is CCCCCCCCN(CCCCCCCC)C[C@@H]1O[C@H](c2ccc(CNC(C)=O)cc2)O[C@H](c2ccc(CO)cc2)[C@@H]1C. The van der Waals surface area contributed by atoms with E-state index in [2.05, 4.69) is 55.3 Å². The van der Waals surface area contributed by atoms with E-state index in [1.54, 1.807) is 0 Å². The van der Waals surface area contributed by atoms with Gasteiger partial charge in [-0.15, -0.1) is 0 Å². The van der Waals surface area contributed by atoms with Crippen molar-refractivity contribution in [1.82, 2.24) is 10.2 Å². The number of nitrogens with one attached hydrogen (secondary N) is 1. The number of unbranched alkanes of at least 4 members (excludes halogenated alkanes) is 10. The Hall–Kier alpha value is -2.25. The molecule has 1 heterocycles. The zero-order valence-electron chi connectivity index (χ0n) is 28.1. The van der Waals surface area contributed by atoms with Gasteiger partial charge in [0.2, 0.25) is 5.91 Å². The van der Waals surface area contributed by atoms with Gasteiger partial charge in [0.25, 0.3) is 0 Å². The first-order valence-corrected chi connectivity index (χ1v) is 17.5. The molecule has 3 rings (SSSR count). The number of benzene rings is 2. The quantitative estimate of drug-likeness (QED) is 0.139. The van der Waals surface area contributed by atoms with E-state index in [1.807, 2.05) is 24.3 Å². The molecule has 2 aromatic carbocycles. The van der Waals surface area contributed by atoms with Gasteiger partial charge in [-0.05, 0) is 42.6 Å². The van der Waals surface area contributed by atoms with Crippen LogP contribution in [0.5, 0.6) is 0 Å². The monoisotopic (exact) mass is 608 g/mol. The minimum atomic E-state index is -0.474. The summed E-state index contributed by atoms with van der Waals surface area (Å²) in [5.74, 6) is 0.133. The van der Waals surface area contributed by atoms with Crippen molar-refractivity contribution in [2.45, 2.75) is 136 Å². The Bertz CT molecular complexity index is 1030. The summed E-state index contributed by atoms with van der Waals surface area (Å²) in [4.78, 5) is 14.0. The molecule has 2 N–H and O–H groups in total. The van der Waals surface area contributed by atoms with Crippen molar-refractivity contribution in [3.8, 4) is 0 Å². The maximum Gasteiger partial charge on any atom is 0.217 e.